The fourth-order valence-electron chi connectivity index (χ4n) is 3.62. The highest BCUT2D eigenvalue weighted by molar-refractivity contribution is 7.19. The molecule has 6 rings (SSSR count). The molecule has 0 unspecified atom stereocenters. The summed E-state index contributed by atoms with van der Waals surface area (Å²) in [5, 5.41) is 15.4. The third kappa shape index (κ3) is 2.03. The van der Waals surface area contributed by atoms with Crippen LogP contribution < -0.4 is 0 Å². The van der Waals surface area contributed by atoms with Gasteiger partial charge in [0.05, 0.1) is 5.69 Å². The maximum absolute atomic E-state index is 6.08. The summed E-state index contributed by atoms with van der Waals surface area (Å²) in [5.41, 5.74) is 4.58. The molecule has 0 saturated carbocycles. The number of para-hydroxylation sites is 1. The number of hydrogen-bond donors (Lipinski definition) is 0. The van der Waals surface area contributed by atoms with E-state index in [1.165, 1.54) is 11.3 Å². The van der Waals surface area contributed by atoms with E-state index in [1.54, 1.807) is 4.52 Å². The van der Waals surface area contributed by atoms with Crippen LogP contribution in [0.3, 0.4) is 0 Å². The van der Waals surface area contributed by atoms with Gasteiger partial charge in [-0.05, 0) is 32.0 Å². The Morgan fingerprint density at radius 1 is 1.00 bits per heavy atom. The van der Waals surface area contributed by atoms with Crippen LogP contribution in [0.2, 0.25) is 0 Å². The Morgan fingerprint density at radius 3 is 2.75 bits per heavy atom. The van der Waals surface area contributed by atoms with Crippen molar-refractivity contribution in [3.05, 3.63) is 59.9 Å². The van der Waals surface area contributed by atoms with E-state index in [4.69, 9.17) is 9.52 Å². The summed E-state index contributed by atoms with van der Waals surface area (Å²) in [7, 11) is 0. The molecule has 7 nitrogen and oxygen atoms in total. The van der Waals surface area contributed by atoms with Crippen LogP contribution in [0.4, 0.5) is 0 Å². The molecule has 0 atom stereocenters. The highest BCUT2D eigenvalue weighted by Gasteiger charge is 2.22. The Labute approximate surface area is 162 Å². The molecule has 1 aromatic carbocycles. The average molecular weight is 386 g/mol. The monoisotopic (exact) mass is 386 g/mol. The van der Waals surface area contributed by atoms with E-state index < -0.39 is 0 Å². The van der Waals surface area contributed by atoms with Crippen molar-refractivity contribution in [2.24, 2.45) is 0 Å². The maximum Gasteiger partial charge on any atom is 0.235 e. The summed E-state index contributed by atoms with van der Waals surface area (Å²) in [6.07, 6.45) is 1.97. The molecular formula is C20H14N6OS. The SMILES string of the molecule is Cc1nc2ccccn2c1-c1nnc2sc(-c3oc4ccccc4c3C)nn12. The zero-order valence-corrected chi connectivity index (χ0v) is 15.9. The minimum Gasteiger partial charge on any atom is -0.453 e. The number of furan rings is 1. The smallest absolute Gasteiger partial charge is 0.235 e. The number of fused-ring (bicyclic) bond motifs is 3. The van der Waals surface area contributed by atoms with Gasteiger partial charge in [-0.25, -0.2) is 4.98 Å². The van der Waals surface area contributed by atoms with Crippen LogP contribution in [-0.4, -0.2) is 29.2 Å². The summed E-state index contributed by atoms with van der Waals surface area (Å²) in [5.74, 6) is 1.44. The molecule has 6 aromatic rings. The molecule has 0 bridgehead atoms. The van der Waals surface area contributed by atoms with E-state index >= 15 is 0 Å². The normalized spacial score (nSPS) is 11.9. The lowest BCUT2D eigenvalue weighted by Gasteiger charge is -1.99. The summed E-state index contributed by atoms with van der Waals surface area (Å²) < 4.78 is 9.86. The number of nitrogens with zero attached hydrogens (tertiary/aromatic N) is 6. The van der Waals surface area contributed by atoms with Gasteiger partial charge in [-0.15, -0.1) is 15.3 Å². The Bertz CT molecular complexity index is 1500. The van der Waals surface area contributed by atoms with Gasteiger partial charge in [0.15, 0.2) is 10.8 Å². The van der Waals surface area contributed by atoms with Gasteiger partial charge in [0, 0.05) is 17.1 Å². The summed E-state index contributed by atoms with van der Waals surface area (Å²) in [6, 6.07) is 13.9. The molecular weight excluding hydrogens is 372 g/mol. The molecule has 0 radical (unpaired) electrons. The second-order valence-electron chi connectivity index (χ2n) is 6.65. The molecule has 0 spiro atoms. The molecule has 28 heavy (non-hydrogen) atoms. The minimum absolute atomic E-state index is 0.669. The summed E-state index contributed by atoms with van der Waals surface area (Å²) in [6.45, 7) is 4.03. The van der Waals surface area contributed by atoms with Gasteiger partial charge in [0.2, 0.25) is 10.8 Å². The number of imidazole rings is 1. The van der Waals surface area contributed by atoms with Crippen molar-refractivity contribution in [2.45, 2.75) is 13.8 Å². The van der Waals surface area contributed by atoms with Gasteiger partial charge in [-0.2, -0.15) is 4.52 Å². The van der Waals surface area contributed by atoms with Crippen LogP contribution in [0, 0.1) is 13.8 Å². The molecule has 0 fully saturated rings. The van der Waals surface area contributed by atoms with Gasteiger partial charge in [-0.1, -0.05) is 35.6 Å². The van der Waals surface area contributed by atoms with Crippen LogP contribution in [0.5, 0.6) is 0 Å². The average Bonchev–Trinajstić information content (AvgIpc) is 3.43. The largest absolute Gasteiger partial charge is 0.453 e. The number of aryl methyl sites for hydroxylation is 2. The lowest BCUT2D eigenvalue weighted by Crippen LogP contribution is -1.96. The van der Waals surface area contributed by atoms with Crippen LogP contribution in [0.1, 0.15) is 11.3 Å². The first-order valence-corrected chi connectivity index (χ1v) is 9.67. The maximum atomic E-state index is 6.08. The highest BCUT2D eigenvalue weighted by atomic mass is 32.1. The van der Waals surface area contributed by atoms with Crippen molar-refractivity contribution < 1.29 is 4.42 Å². The van der Waals surface area contributed by atoms with Crippen molar-refractivity contribution in [1.29, 1.82) is 0 Å². The number of benzene rings is 1. The van der Waals surface area contributed by atoms with Crippen LogP contribution in [0.15, 0.2) is 53.1 Å². The predicted octanol–water partition coefficient (Wildman–Crippen LogP) is 4.53. The Balaban J connectivity index is 1.58. The Morgan fingerprint density at radius 2 is 1.86 bits per heavy atom. The third-order valence-electron chi connectivity index (χ3n) is 4.94. The minimum atomic E-state index is 0.669. The summed E-state index contributed by atoms with van der Waals surface area (Å²) >= 11 is 1.46. The molecule has 8 heteroatoms. The van der Waals surface area contributed by atoms with Crippen LogP contribution >= 0.6 is 11.3 Å². The number of hydrogen-bond acceptors (Lipinski definition) is 6. The lowest BCUT2D eigenvalue weighted by atomic mass is 10.1. The standard InChI is InChI=1S/C20H14N6OS/c1-11-13-7-3-4-8-14(13)27-17(11)19-24-26-18(22-23-20(26)28-19)16-12(2)21-15-9-5-6-10-25(15)16/h3-10H,1-2H3. The first kappa shape index (κ1) is 15.5. The van der Waals surface area contributed by atoms with Crippen molar-refractivity contribution in [2.75, 3.05) is 0 Å². The third-order valence-corrected chi connectivity index (χ3v) is 5.84. The Kier molecular flexibility index (Phi) is 3.05. The molecule has 0 N–H and O–H groups in total. The van der Waals surface area contributed by atoms with Crippen LogP contribution in [-0.2, 0) is 0 Å². The topological polar surface area (TPSA) is 73.5 Å². The fourth-order valence-corrected chi connectivity index (χ4v) is 4.50. The van der Waals surface area contributed by atoms with Gasteiger partial charge in [0.25, 0.3) is 0 Å². The highest BCUT2D eigenvalue weighted by Crippen LogP contribution is 2.36. The van der Waals surface area contributed by atoms with E-state index in [0.717, 1.165) is 49.3 Å². The molecule has 0 amide bonds. The summed E-state index contributed by atoms with van der Waals surface area (Å²) in [4.78, 5) is 5.34. The Hall–Kier alpha value is -3.52. The van der Waals surface area contributed by atoms with E-state index in [0.29, 0.717) is 5.82 Å². The fraction of sp³-hybridized carbons (Fsp3) is 0.100. The molecule has 0 aliphatic carbocycles. The molecule has 0 aliphatic heterocycles. The number of pyridine rings is 1. The van der Waals surface area contributed by atoms with E-state index in [2.05, 4.69) is 28.2 Å². The quantitative estimate of drug-likeness (QED) is 0.437. The molecule has 136 valence electrons. The zero-order valence-electron chi connectivity index (χ0n) is 15.1. The van der Waals surface area contributed by atoms with Gasteiger partial charge in [-0.3, -0.25) is 4.40 Å². The zero-order chi connectivity index (χ0) is 18.8. The van der Waals surface area contributed by atoms with E-state index in [1.807, 2.05) is 53.9 Å². The van der Waals surface area contributed by atoms with Crippen molar-refractivity contribution >= 4 is 32.9 Å². The molecule has 5 heterocycles. The lowest BCUT2D eigenvalue weighted by molar-refractivity contribution is 0.626. The number of aromatic nitrogens is 6. The molecule has 5 aromatic heterocycles. The molecule has 0 saturated heterocycles. The van der Waals surface area contributed by atoms with E-state index in [9.17, 15) is 0 Å². The second kappa shape index (κ2) is 5.49. The van der Waals surface area contributed by atoms with Crippen molar-refractivity contribution in [3.8, 4) is 22.3 Å². The predicted molar refractivity (Wildman–Crippen MR) is 108 cm³/mol. The number of rotatable bonds is 2. The van der Waals surface area contributed by atoms with Gasteiger partial charge >= 0.3 is 0 Å². The van der Waals surface area contributed by atoms with E-state index in [-0.39, 0.29) is 0 Å². The van der Waals surface area contributed by atoms with Crippen molar-refractivity contribution in [3.63, 3.8) is 0 Å². The second-order valence-corrected chi connectivity index (χ2v) is 7.61. The van der Waals surface area contributed by atoms with Crippen molar-refractivity contribution in [1.82, 2.24) is 29.2 Å². The first-order chi connectivity index (χ1) is 13.7. The first-order valence-electron chi connectivity index (χ1n) is 8.85. The molecule has 0 aliphatic rings. The van der Waals surface area contributed by atoms with Gasteiger partial charge < -0.3 is 4.42 Å². The van der Waals surface area contributed by atoms with Crippen LogP contribution in [0.25, 0.3) is 43.9 Å². The van der Waals surface area contributed by atoms with Gasteiger partial charge in [0.1, 0.15) is 16.9 Å².